The van der Waals surface area contributed by atoms with E-state index in [1.54, 1.807) is 24.3 Å². The minimum absolute atomic E-state index is 0.344. The lowest BCUT2D eigenvalue weighted by atomic mass is 9.99. The fraction of sp³-hybridized carbons (Fsp3) is 0.500. The average molecular weight is 380 g/mol. The van der Waals surface area contributed by atoms with Gasteiger partial charge in [0.2, 0.25) is 10.0 Å². The van der Waals surface area contributed by atoms with E-state index in [-0.39, 0.29) is 0 Å². The molecule has 2 N–H and O–H groups in total. The van der Waals surface area contributed by atoms with Crippen LogP contribution in [0.25, 0.3) is 0 Å². The Morgan fingerprint density at radius 2 is 1.83 bits per heavy atom. The van der Waals surface area contributed by atoms with Gasteiger partial charge in [-0.3, -0.25) is 0 Å². The molecule has 0 aromatic heterocycles. The molecule has 18 heavy (non-hydrogen) atoms. The Bertz CT molecular complexity index is 481. The SMILES string of the molecule is O=S(=O)(NCC1CCNCC1)c1ccc(I)cc1. The van der Waals surface area contributed by atoms with Crippen molar-refractivity contribution in [3.63, 3.8) is 0 Å². The smallest absolute Gasteiger partial charge is 0.240 e. The Kier molecular flexibility index (Phi) is 4.99. The predicted molar refractivity (Wildman–Crippen MR) is 79.9 cm³/mol. The van der Waals surface area contributed by atoms with Gasteiger partial charge in [0, 0.05) is 10.1 Å². The van der Waals surface area contributed by atoms with E-state index in [0.29, 0.717) is 17.4 Å². The third-order valence-corrected chi connectivity index (χ3v) is 5.30. The van der Waals surface area contributed by atoms with E-state index >= 15 is 0 Å². The Balaban J connectivity index is 1.96. The molecule has 0 saturated carbocycles. The van der Waals surface area contributed by atoms with E-state index in [1.807, 2.05) is 0 Å². The lowest BCUT2D eigenvalue weighted by Crippen LogP contribution is -2.35. The molecule has 0 spiro atoms. The largest absolute Gasteiger partial charge is 0.317 e. The lowest BCUT2D eigenvalue weighted by molar-refractivity contribution is 0.372. The molecule has 0 radical (unpaired) electrons. The van der Waals surface area contributed by atoms with Gasteiger partial charge < -0.3 is 5.32 Å². The van der Waals surface area contributed by atoms with Crippen molar-refractivity contribution < 1.29 is 8.42 Å². The number of nitrogens with one attached hydrogen (secondary N) is 2. The topological polar surface area (TPSA) is 58.2 Å². The molecular weight excluding hydrogens is 363 g/mol. The number of benzene rings is 1. The molecule has 1 aliphatic rings. The molecule has 1 aromatic rings. The highest BCUT2D eigenvalue weighted by molar-refractivity contribution is 14.1. The van der Waals surface area contributed by atoms with Gasteiger partial charge >= 0.3 is 0 Å². The van der Waals surface area contributed by atoms with E-state index in [1.165, 1.54) is 0 Å². The van der Waals surface area contributed by atoms with Crippen LogP contribution >= 0.6 is 22.6 Å². The van der Waals surface area contributed by atoms with Gasteiger partial charge in [-0.15, -0.1) is 0 Å². The van der Waals surface area contributed by atoms with Crippen molar-refractivity contribution in [1.29, 1.82) is 0 Å². The van der Waals surface area contributed by atoms with E-state index < -0.39 is 10.0 Å². The summed E-state index contributed by atoms with van der Waals surface area (Å²) in [5.41, 5.74) is 0. The number of hydrogen-bond donors (Lipinski definition) is 2. The summed E-state index contributed by atoms with van der Waals surface area (Å²) in [5, 5.41) is 3.27. The molecule has 1 aliphatic heterocycles. The maximum atomic E-state index is 12.1. The first-order valence-electron chi connectivity index (χ1n) is 6.04. The van der Waals surface area contributed by atoms with Crippen LogP contribution in [0.4, 0.5) is 0 Å². The molecule has 2 rings (SSSR count). The minimum Gasteiger partial charge on any atom is -0.317 e. The molecule has 0 unspecified atom stereocenters. The second-order valence-corrected chi connectivity index (χ2v) is 7.51. The summed E-state index contributed by atoms with van der Waals surface area (Å²) in [5.74, 6) is 0.449. The summed E-state index contributed by atoms with van der Waals surface area (Å²) in [6.07, 6.45) is 2.07. The van der Waals surface area contributed by atoms with E-state index in [9.17, 15) is 8.42 Å². The average Bonchev–Trinajstić information content (AvgIpc) is 2.38. The molecule has 0 bridgehead atoms. The van der Waals surface area contributed by atoms with Gasteiger partial charge in [-0.05, 0) is 78.7 Å². The van der Waals surface area contributed by atoms with Gasteiger partial charge in [-0.25, -0.2) is 13.1 Å². The van der Waals surface area contributed by atoms with Crippen molar-refractivity contribution >= 4 is 32.6 Å². The summed E-state index contributed by atoms with van der Waals surface area (Å²) in [4.78, 5) is 0.344. The maximum Gasteiger partial charge on any atom is 0.240 e. The summed E-state index contributed by atoms with van der Waals surface area (Å²) >= 11 is 2.16. The van der Waals surface area contributed by atoms with E-state index in [4.69, 9.17) is 0 Å². The second kappa shape index (κ2) is 6.31. The lowest BCUT2D eigenvalue weighted by Gasteiger charge is -2.22. The zero-order valence-corrected chi connectivity index (χ0v) is 13.0. The van der Waals surface area contributed by atoms with Crippen LogP contribution in [-0.2, 0) is 10.0 Å². The predicted octanol–water partition coefficient (Wildman–Crippen LogP) is 1.57. The fourth-order valence-electron chi connectivity index (χ4n) is 2.01. The van der Waals surface area contributed by atoms with Crippen LogP contribution in [-0.4, -0.2) is 28.1 Å². The first-order valence-corrected chi connectivity index (χ1v) is 8.60. The molecular formula is C12H17IN2O2S. The third-order valence-electron chi connectivity index (χ3n) is 3.14. The van der Waals surface area contributed by atoms with Gasteiger partial charge in [-0.1, -0.05) is 0 Å². The molecule has 4 nitrogen and oxygen atoms in total. The van der Waals surface area contributed by atoms with Crippen molar-refractivity contribution in [3.05, 3.63) is 27.8 Å². The molecule has 6 heteroatoms. The van der Waals surface area contributed by atoms with Crippen LogP contribution in [0.5, 0.6) is 0 Å². The van der Waals surface area contributed by atoms with Crippen LogP contribution < -0.4 is 10.0 Å². The number of sulfonamides is 1. The Morgan fingerprint density at radius 1 is 1.22 bits per heavy atom. The van der Waals surface area contributed by atoms with Gasteiger partial charge in [0.25, 0.3) is 0 Å². The van der Waals surface area contributed by atoms with Gasteiger partial charge in [0.15, 0.2) is 0 Å². The molecule has 0 aliphatic carbocycles. The Hall–Kier alpha value is -0.180. The van der Waals surface area contributed by atoms with Crippen LogP contribution in [0.1, 0.15) is 12.8 Å². The van der Waals surface area contributed by atoms with Crippen LogP contribution in [0.3, 0.4) is 0 Å². The molecule has 0 amide bonds. The van der Waals surface area contributed by atoms with Crippen LogP contribution in [0.2, 0.25) is 0 Å². The molecule has 1 heterocycles. The third kappa shape index (κ3) is 3.91. The Morgan fingerprint density at radius 3 is 2.44 bits per heavy atom. The summed E-state index contributed by atoms with van der Waals surface area (Å²) in [6.45, 7) is 2.50. The highest BCUT2D eigenvalue weighted by Crippen LogP contribution is 2.14. The van der Waals surface area contributed by atoms with Crippen molar-refractivity contribution in [2.75, 3.05) is 19.6 Å². The second-order valence-electron chi connectivity index (χ2n) is 4.50. The minimum atomic E-state index is -3.35. The molecule has 0 atom stereocenters. The molecule has 100 valence electrons. The van der Waals surface area contributed by atoms with Crippen LogP contribution in [0.15, 0.2) is 29.2 Å². The fourth-order valence-corrected chi connectivity index (χ4v) is 3.49. The number of halogens is 1. The van der Waals surface area contributed by atoms with Crippen molar-refractivity contribution in [3.8, 4) is 0 Å². The van der Waals surface area contributed by atoms with Gasteiger partial charge in [0.05, 0.1) is 4.90 Å². The summed E-state index contributed by atoms with van der Waals surface area (Å²) in [7, 11) is -3.35. The van der Waals surface area contributed by atoms with E-state index in [0.717, 1.165) is 29.5 Å². The van der Waals surface area contributed by atoms with Gasteiger partial charge in [-0.2, -0.15) is 0 Å². The zero-order valence-electron chi connectivity index (χ0n) is 10.0. The van der Waals surface area contributed by atoms with Gasteiger partial charge in [0.1, 0.15) is 0 Å². The zero-order chi connectivity index (χ0) is 13.0. The quantitative estimate of drug-likeness (QED) is 0.780. The molecule has 1 fully saturated rings. The summed E-state index contributed by atoms with van der Waals surface area (Å²) < 4.78 is 27.9. The molecule has 1 saturated heterocycles. The van der Waals surface area contributed by atoms with Crippen molar-refractivity contribution in [2.45, 2.75) is 17.7 Å². The maximum absolute atomic E-state index is 12.1. The monoisotopic (exact) mass is 380 g/mol. The summed E-state index contributed by atoms with van der Waals surface area (Å²) in [6, 6.07) is 6.90. The van der Waals surface area contributed by atoms with Crippen molar-refractivity contribution in [1.82, 2.24) is 10.0 Å². The Labute approximate surface area is 122 Å². The highest BCUT2D eigenvalue weighted by Gasteiger charge is 2.18. The first kappa shape index (κ1) is 14.2. The number of hydrogen-bond acceptors (Lipinski definition) is 3. The van der Waals surface area contributed by atoms with Crippen molar-refractivity contribution in [2.24, 2.45) is 5.92 Å². The normalized spacial score (nSPS) is 17.8. The highest BCUT2D eigenvalue weighted by atomic mass is 127. The first-order chi connectivity index (χ1) is 8.58. The van der Waals surface area contributed by atoms with E-state index in [2.05, 4.69) is 32.6 Å². The molecule has 1 aromatic carbocycles. The number of rotatable bonds is 4. The standard InChI is InChI=1S/C12H17IN2O2S/c13-11-1-3-12(4-2-11)18(16,17)15-9-10-5-7-14-8-6-10/h1-4,10,14-15H,5-9H2. The van der Waals surface area contributed by atoms with Crippen LogP contribution in [0, 0.1) is 9.49 Å². The number of piperidine rings is 1.